The van der Waals surface area contributed by atoms with Gasteiger partial charge in [0.25, 0.3) is 5.91 Å². The lowest BCUT2D eigenvalue weighted by molar-refractivity contribution is -0.129. The molecule has 1 amide bonds. The molecule has 6 nitrogen and oxygen atoms in total. The molecule has 0 spiro atoms. The first-order valence-corrected chi connectivity index (χ1v) is 7.57. The fraction of sp³-hybridized carbons (Fsp3) is 0.462. The van der Waals surface area contributed by atoms with Crippen LogP contribution in [0.1, 0.15) is 13.3 Å². The molecule has 0 saturated carbocycles. The smallest absolute Gasteiger partial charge is 0.268 e. The zero-order chi connectivity index (χ0) is 15.0. The van der Waals surface area contributed by atoms with E-state index in [9.17, 15) is 15.0 Å². The van der Waals surface area contributed by atoms with E-state index in [2.05, 4.69) is 10.9 Å². The van der Waals surface area contributed by atoms with Crippen molar-refractivity contribution in [2.45, 2.75) is 25.5 Å². The normalized spacial score (nSPS) is 13.6. The van der Waals surface area contributed by atoms with Gasteiger partial charge >= 0.3 is 0 Å². The Kier molecular flexibility index (Phi) is 7.21. The number of aliphatic hydroxyl groups excluding tert-OH is 1. The first-order chi connectivity index (χ1) is 9.56. The van der Waals surface area contributed by atoms with Crippen molar-refractivity contribution in [3.8, 4) is 5.75 Å². The first-order valence-electron chi connectivity index (χ1n) is 6.41. The van der Waals surface area contributed by atoms with E-state index >= 15 is 0 Å². The average Bonchev–Trinajstić information content (AvgIpc) is 2.45. The Morgan fingerprint density at radius 2 is 2.15 bits per heavy atom. The van der Waals surface area contributed by atoms with Crippen molar-refractivity contribution in [3.63, 3.8) is 0 Å². The number of nitrogens with one attached hydrogen (secondary N) is 2. The number of aliphatic hydroxyl groups is 1. The van der Waals surface area contributed by atoms with Crippen LogP contribution in [0, 0.1) is 0 Å². The molecule has 0 aliphatic carbocycles. The number of hydrazine groups is 1. The summed E-state index contributed by atoms with van der Waals surface area (Å²) >= 11 is 1.71. The van der Waals surface area contributed by atoms with E-state index in [0.29, 0.717) is 12.1 Å². The summed E-state index contributed by atoms with van der Waals surface area (Å²) in [7, 11) is 0. The fourth-order valence-corrected chi connectivity index (χ4v) is 2.23. The highest BCUT2D eigenvalue weighted by molar-refractivity contribution is 7.99. The second-order valence-corrected chi connectivity index (χ2v) is 5.62. The van der Waals surface area contributed by atoms with Gasteiger partial charge in [-0.1, -0.05) is 19.1 Å². The van der Waals surface area contributed by atoms with E-state index in [4.69, 9.17) is 5.73 Å². The van der Waals surface area contributed by atoms with Crippen LogP contribution in [0.15, 0.2) is 24.3 Å². The molecule has 1 rings (SSSR count). The summed E-state index contributed by atoms with van der Waals surface area (Å²) in [6.07, 6.45) is -0.727. The summed E-state index contributed by atoms with van der Waals surface area (Å²) in [5.74, 6) is 1.16. The molecule has 0 fully saturated rings. The molecule has 1 aromatic rings. The molecular formula is C13H21N3O3S. The third-order valence-corrected chi connectivity index (χ3v) is 3.63. The Balaban J connectivity index is 2.40. The van der Waals surface area contributed by atoms with Gasteiger partial charge in [0, 0.05) is 6.04 Å². The monoisotopic (exact) mass is 299 g/mol. The zero-order valence-electron chi connectivity index (χ0n) is 11.4. The number of nitrogens with two attached hydrogens (primary N) is 1. The number of rotatable bonds is 8. The summed E-state index contributed by atoms with van der Waals surface area (Å²) in [6, 6.07) is 5.84. The van der Waals surface area contributed by atoms with Crippen LogP contribution in [0.5, 0.6) is 5.75 Å². The van der Waals surface area contributed by atoms with E-state index in [0.717, 1.165) is 11.5 Å². The third kappa shape index (κ3) is 5.28. The Morgan fingerprint density at radius 3 is 2.80 bits per heavy atom. The second kappa shape index (κ2) is 8.68. The average molecular weight is 299 g/mol. The predicted molar refractivity (Wildman–Crippen MR) is 81.5 cm³/mol. The van der Waals surface area contributed by atoms with Gasteiger partial charge in [0.2, 0.25) is 0 Å². The molecular weight excluding hydrogens is 278 g/mol. The largest absolute Gasteiger partial charge is 0.506 e. The van der Waals surface area contributed by atoms with Crippen LogP contribution in [0.4, 0.5) is 5.69 Å². The number of hydrogen-bond donors (Lipinski definition) is 5. The molecule has 0 radical (unpaired) electrons. The van der Waals surface area contributed by atoms with Gasteiger partial charge in [0.1, 0.15) is 11.9 Å². The summed E-state index contributed by atoms with van der Waals surface area (Å²) < 4.78 is 0. The minimum atomic E-state index is -1.29. The number of hydrogen-bond acceptors (Lipinski definition) is 6. The van der Waals surface area contributed by atoms with Crippen molar-refractivity contribution in [2.75, 3.05) is 16.9 Å². The SMILES string of the molecule is CCSCCC(N)C(O)C(=O)NNc1ccccc1O. The van der Waals surface area contributed by atoms with Crippen LogP contribution in [-0.2, 0) is 4.79 Å². The standard InChI is InChI=1S/C13H21N3O3S/c1-2-20-8-7-9(14)12(18)13(19)16-15-10-5-3-4-6-11(10)17/h3-6,9,12,15,17-18H,2,7-8,14H2,1H3,(H,16,19). The number of benzene rings is 1. The van der Waals surface area contributed by atoms with Crippen LogP contribution in [0.3, 0.4) is 0 Å². The molecule has 1 aromatic carbocycles. The van der Waals surface area contributed by atoms with Crippen LogP contribution < -0.4 is 16.6 Å². The number of thioether (sulfide) groups is 1. The molecule has 6 N–H and O–H groups in total. The molecule has 0 aliphatic rings. The molecule has 2 unspecified atom stereocenters. The number of anilines is 1. The van der Waals surface area contributed by atoms with Gasteiger partial charge in [-0.3, -0.25) is 15.6 Å². The number of carbonyl (C=O) groups excluding carboxylic acids is 1. The lowest BCUT2D eigenvalue weighted by atomic mass is 10.1. The Morgan fingerprint density at radius 1 is 1.45 bits per heavy atom. The Hall–Kier alpha value is -1.44. The fourth-order valence-electron chi connectivity index (χ4n) is 1.50. The topological polar surface area (TPSA) is 108 Å². The predicted octanol–water partition coefficient (Wildman–Crippen LogP) is 0.667. The minimum absolute atomic E-state index is 0.00549. The van der Waals surface area contributed by atoms with Crippen LogP contribution in [-0.4, -0.2) is 39.8 Å². The van der Waals surface area contributed by atoms with Crippen molar-refractivity contribution < 1.29 is 15.0 Å². The number of phenolic OH excluding ortho intramolecular Hbond substituents is 1. The van der Waals surface area contributed by atoms with Crippen LogP contribution >= 0.6 is 11.8 Å². The minimum Gasteiger partial charge on any atom is -0.506 e. The molecule has 0 aliphatic heterocycles. The summed E-state index contributed by atoms with van der Waals surface area (Å²) in [6.45, 7) is 2.04. The molecule has 0 bridgehead atoms. The van der Waals surface area contributed by atoms with E-state index in [1.807, 2.05) is 6.92 Å². The quantitative estimate of drug-likeness (QED) is 0.274. The molecule has 0 heterocycles. The van der Waals surface area contributed by atoms with E-state index < -0.39 is 18.1 Å². The lowest BCUT2D eigenvalue weighted by Gasteiger charge is -2.19. The summed E-state index contributed by atoms with van der Waals surface area (Å²) in [5.41, 5.74) is 11.0. The number of para-hydroxylation sites is 2. The third-order valence-electron chi connectivity index (χ3n) is 2.70. The lowest BCUT2D eigenvalue weighted by Crippen LogP contribution is -2.48. The highest BCUT2D eigenvalue weighted by atomic mass is 32.2. The van der Waals surface area contributed by atoms with Crippen molar-refractivity contribution in [2.24, 2.45) is 5.73 Å². The van der Waals surface area contributed by atoms with Gasteiger partial charge in [-0.05, 0) is 30.1 Å². The maximum atomic E-state index is 11.7. The molecule has 0 aromatic heterocycles. The van der Waals surface area contributed by atoms with E-state index in [1.165, 1.54) is 6.07 Å². The summed E-state index contributed by atoms with van der Waals surface area (Å²) in [5, 5.41) is 19.3. The molecule has 20 heavy (non-hydrogen) atoms. The van der Waals surface area contributed by atoms with Crippen molar-refractivity contribution >= 4 is 23.4 Å². The number of aromatic hydroxyl groups is 1. The van der Waals surface area contributed by atoms with Gasteiger partial charge in [0.15, 0.2) is 0 Å². The van der Waals surface area contributed by atoms with Crippen molar-refractivity contribution in [3.05, 3.63) is 24.3 Å². The number of amides is 1. The molecule has 2 atom stereocenters. The van der Waals surface area contributed by atoms with Gasteiger partial charge in [0.05, 0.1) is 5.69 Å². The Labute approximate surface area is 122 Å². The molecule has 7 heteroatoms. The maximum absolute atomic E-state index is 11.7. The zero-order valence-corrected chi connectivity index (χ0v) is 12.2. The van der Waals surface area contributed by atoms with Gasteiger partial charge < -0.3 is 15.9 Å². The van der Waals surface area contributed by atoms with E-state index in [1.54, 1.807) is 30.0 Å². The summed E-state index contributed by atoms with van der Waals surface area (Å²) in [4.78, 5) is 11.7. The highest BCUT2D eigenvalue weighted by Gasteiger charge is 2.22. The highest BCUT2D eigenvalue weighted by Crippen LogP contribution is 2.20. The van der Waals surface area contributed by atoms with Gasteiger partial charge in [-0.15, -0.1) is 0 Å². The maximum Gasteiger partial charge on any atom is 0.268 e. The number of carbonyl (C=O) groups is 1. The first kappa shape index (κ1) is 16.6. The molecule has 112 valence electrons. The van der Waals surface area contributed by atoms with Crippen molar-refractivity contribution in [1.29, 1.82) is 0 Å². The van der Waals surface area contributed by atoms with Gasteiger partial charge in [-0.25, -0.2) is 0 Å². The van der Waals surface area contributed by atoms with Gasteiger partial charge in [-0.2, -0.15) is 11.8 Å². The second-order valence-electron chi connectivity index (χ2n) is 4.23. The van der Waals surface area contributed by atoms with E-state index in [-0.39, 0.29) is 5.75 Å². The Bertz CT molecular complexity index is 431. The van der Waals surface area contributed by atoms with Crippen molar-refractivity contribution in [1.82, 2.24) is 5.43 Å². The van der Waals surface area contributed by atoms with Crippen LogP contribution in [0.25, 0.3) is 0 Å². The molecule has 0 saturated heterocycles. The van der Waals surface area contributed by atoms with Crippen LogP contribution in [0.2, 0.25) is 0 Å². The number of phenols is 1.